The zero-order valence-corrected chi connectivity index (χ0v) is 25.5. The minimum atomic E-state index is -0.789. The summed E-state index contributed by atoms with van der Waals surface area (Å²) >= 11 is 19.2. The number of nitrogens with zero attached hydrogens (tertiary/aromatic N) is 1. The summed E-state index contributed by atoms with van der Waals surface area (Å²) in [6.45, 7) is 0.152. The van der Waals surface area contributed by atoms with Gasteiger partial charge in [0.1, 0.15) is 12.2 Å². The number of barbiturate groups is 1. The molecule has 8 rings (SSSR count). The maximum atomic E-state index is 13.6. The molecule has 0 unspecified atom stereocenters. The molecule has 0 spiro atoms. The van der Waals surface area contributed by atoms with Crippen molar-refractivity contribution in [3.63, 3.8) is 0 Å². The maximum Gasteiger partial charge on any atom is 0.335 e. The number of nitrogens with one attached hydrogen (secondary N) is 1. The van der Waals surface area contributed by atoms with Crippen molar-refractivity contribution in [3.05, 3.63) is 98.0 Å². The van der Waals surface area contributed by atoms with E-state index in [0.717, 1.165) is 28.2 Å². The fraction of sp³-hybridized carbons (Fsp3) is 0.324. The first kappa shape index (κ1) is 28.5. The molecule has 0 atom stereocenters. The molecule has 1 saturated heterocycles. The standard InChI is InChI=1S/C34H29Cl3N2O4/c35-27-4-2-1-3-23(27)18-43-30-28(36)13-19(14-29(30)37)12-26-31(40)38-33(42)39(32(26)41)25-7-5-24(6-8-25)34-15-20-9-21(16-34)11-22(10-20)17-34/h1-8,12-14,20-22H,9-11,15-18H2,(H,38,40,42)/b26-12+. The molecule has 1 aliphatic heterocycles. The molecule has 5 aliphatic rings. The second-order valence-electron chi connectivity index (χ2n) is 12.4. The lowest BCUT2D eigenvalue weighted by Gasteiger charge is -2.57. The number of anilines is 1. The van der Waals surface area contributed by atoms with E-state index in [9.17, 15) is 14.4 Å². The topological polar surface area (TPSA) is 75.7 Å². The summed E-state index contributed by atoms with van der Waals surface area (Å²) in [6.07, 6.45) is 9.11. The molecular formula is C34H29Cl3N2O4. The Morgan fingerprint density at radius 1 is 0.837 bits per heavy atom. The Morgan fingerprint density at radius 2 is 1.44 bits per heavy atom. The van der Waals surface area contributed by atoms with Crippen molar-refractivity contribution in [3.8, 4) is 5.75 Å². The van der Waals surface area contributed by atoms with Gasteiger partial charge in [0.15, 0.2) is 5.75 Å². The van der Waals surface area contributed by atoms with Crippen LogP contribution in [0.4, 0.5) is 10.5 Å². The van der Waals surface area contributed by atoms with Crippen LogP contribution in [0.5, 0.6) is 5.75 Å². The first-order valence-corrected chi connectivity index (χ1v) is 15.7. The highest BCUT2D eigenvalue weighted by molar-refractivity contribution is 6.40. The van der Waals surface area contributed by atoms with Crippen molar-refractivity contribution in [2.24, 2.45) is 17.8 Å². The largest absolute Gasteiger partial charge is 0.486 e. The highest BCUT2D eigenvalue weighted by Crippen LogP contribution is 2.60. The summed E-state index contributed by atoms with van der Waals surface area (Å²) in [5.74, 6) is 1.17. The Balaban J connectivity index is 1.12. The average molecular weight is 636 g/mol. The second-order valence-corrected chi connectivity index (χ2v) is 13.6. The van der Waals surface area contributed by atoms with Crippen LogP contribution in [0.2, 0.25) is 15.1 Å². The quantitative estimate of drug-likeness (QED) is 0.218. The van der Waals surface area contributed by atoms with Gasteiger partial charge >= 0.3 is 6.03 Å². The van der Waals surface area contributed by atoms with Crippen LogP contribution in [0.3, 0.4) is 0 Å². The van der Waals surface area contributed by atoms with E-state index in [0.29, 0.717) is 16.3 Å². The van der Waals surface area contributed by atoms with Crippen LogP contribution >= 0.6 is 34.8 Å². The minimum absolute atomic E-state index is 0.152. The van der Waals surface area contributed by atoms with Crippen LogP contribution < -0.4 is 15.0 Å². The average Bonchev–Trinajstić information content (AvgIpc) is 2.95. The third-order valence-electron chi connectivity index (χ3n) is 9.54. The van der Waals surface area contributed by atoms with Crippen molar-refractivity contribution in [2.45, 2.75) is 50.5 Å². The van der Waals surface area contributed by atoms with Gasteiger partial charge in [-0.15, -0.1) is 0 Å². The Hall–Kier alpha value is -3.32. The fourth-order valence-corrected chi connectivity index (χ4v) is 8.86. The zero-order valence-electron chi connectivity index (χ0n) is 23.2. The Morgan fingerprint density at radius 3 is 2.05 bits per heavy atom. The smallest absolute Gasteiger partial charge is 0.335 e. The molecule has 3 aromatic carbocycles. The number of benzene rings is 3. The van der Waals surface area contributed by atoms with Crippen molar-refractivity contribution in [1.82, 2.24) is 5.32 Å². The van der Waals surface area contributed by atoms with Crippen molar-refractivity contribution < 1.29 is 19.1 Å². The summed E-state index contributed by atoms with van der Waals surface area (Å²) in [7, 11) is 0. The lowest BCUT2D eigenvalue weighted by atomic mass is 9.48. The number of carbonyl (C=O) groups is 3. The number of hydrogen-bond acceptors (Lipinski definition) is 4. The van der Waals surface area contributed by atoms with E-state index >= 15 is 0 Å². The molecule has 3 aromatic rings. The van der Waals surface area contributed by atoms with E-state index in [2.05, 4.69) is 17.4 Å². The predicted octanol–water partition coefficient (Wildman–Crippen LogP) is 8.36. The molecule has 43 heavy (non-hydrogen) atoms. The molecule has 1 heterocycles. The van der Waals surface area contributed by atoms with Gasteiger partial charge in [0.25, 0.3) is 11.8 Å². The molecule has 0 radical (unpaired) electrons. The molecule has 4 bridgehead atoms. The van der Waals surface area contributed by atoms with Gasteiger partial charge in [0.05, 0.1) is 15.7 Å². The van der Waals surface area contributed by atoms with E-state index in [1.54, 1.807) is 18.2 Å². The molecular weight excluding hydrogens is 607 g/mol. The predicted molar refractivity (Wildman–Crippen MR) is 168 cm³/mol. The van der Waals surface area contributed by atoms with Gasteiger partial charge in [-0.2, -0.15) is 0 Å². The third kappa shape index (κ3) is 5.24. The Kier molecular flexibility index (Phi) is 7.27. The van der Waals surface area contributed by atoms with Crippen LogP contribution in [-0.4, -0.2) is 17.8 Å². The van der Waals surface area contributed by atoms with E-state index in [1.807, 2.05) is 30.3 Å². The zero-order chi connectivity index (χ0) is 29.9. The summed E-state index contributed by atoms with van der Waals surface area (Å²) in [5.41, 5.74) is 2.86. The minimum Gasteiger partial charge on any atom is -0.486 e. The van der Waals surface area contributed by atoms with Crippen LogP contribution in [0.15, 0.2) is 66.2 Å². The maximum absolute atomic E-state index is 13.6. The number of rotatable bonds is 6. The normalized spacial score (nSPS) is 27.1. The first-order valence-electron chi connectivity index (χ1n) is 14.6. The van der Waals surface area contributed by atoms with Gasteiger partial charge in [0, 0.05) is 10.6 Å². The highest BCUT2D eigenvalue weighted by atomic mass is 35.5. The van der Waals surface area contributed by atoms with Gasteiger partial charge in [-0.3, -0.25) is 14.9 Å². The molecule has 4 saturated carbocycles. The fourth-order valence-electron chi connectivity index (χ4n) is 8.05. The van der Waals surface area contributed by atoms with Crippen molar-refractivity contribution in [2.75, 3.05) is 4.90 Å². The number of urea groups is 1. The van der Waals surface area contributed by atoms with Gasteiger partial charge in [-0.1, -0.05) is 65.1 Å². The Bertz CT molecular complexity index is 1620. The van der Waals surface area contributed by atoms with Gasteiger partial charge in [-0.05, 0) is 109 Å². The number of ether oxygens (including phenoxy) is 1. The van der Waals surface area contributed by atoms with Crippen LogP contribution in [0.25, 0.3) is 6.08 Å². The van der Waals surface area contributed by atoms with Crippen LogP contribution in [0.1, 0.15) is 55.2 Å². The van der Waals surface area contributed by atoms with Gasteiger partial charge < -0.3 is 4.74 Å². The molecule has 0 aromatic heterocycles. The Labute approximate surface area is 264 Å². The van der Waals surface area contributed by atoms with Crippen molar-refractivity contribution >= 4 is 64.4 Å². The van der Waals surface area contributed by atoms with Crippen LogP contribution in [-0.2, 0) is 21.6 Å². The second kappa shape index (κ2) is 11.0. The number of halogens is 3. The highest BCUT2D eigenvalue weighted by Gasteiger charge is 2.51. The lowest BCUT2D eigenvalue weighted by molar-refractivity contribution is -0.122. The SMILES string of the molecule is O=C1NC(=O)N(c2ccc(C34CC5CC(CC(C5)C3)C4)cc2)C(=O)/C1=C/c1cc(Cl)c(OCc2ccccc2Cl)c(Cl)c1. The van der Waals surface area contributed by atoms with Crippen molar-refractivity contribution in [1.29, 1.82) is 0 Å². The number of amides is 4. The molecule has 220 valence electrons. The van der Waals surface area contributed by atoms with E-state index in [-0.39, 0.29) is 33.4 Å². The van der Waals surface area contributed by atoms with Crippen LogP contribution in [0, 0.1) is 17.8 Å². The number of carbonyl (C=O) groups excluding carboxylic acids is 3. The third-order valence-corrected chi connectivity index (χ3v) is 10.5. The number of hydrogen-bond donors (Lipinski definition) is 1. The molecule has 4 aliphatic carbocycles. The molecule has 1 N–H and O–H groups in total. The first-order chi connectivity index (χ1) is 20.7. The van der Waals surface area contributed by atoms with E-state index < -0.39 is 17.8 Å². The van der Waals surface area contributed by atoms with Gasteiger partial charge in [-0.25, -0.2) is 9.69 Å². The number of imide groups is 2. The van der Waals surface area contributed by atoms with Gasteiger partial charge in [0.2, 0.25) is 0 Å². The molecule has 5 fully saturated rings. The van der Waals surface area contributed by atoms with E-state index in [1.165, 1.54) is 50.2 Å². The molecule has 9 heteroatoms. The summed E-state index contributed by atoms with van der Waals surface area (Å²) in [4.78, 5) is 40.2. The lowest BCUT2D eigenvalue weighted by Crippen LogP contribution is -2.54. The summed E-state index contributed by atoms with van der Waals surface area (Å²) < 4.78 is 5.83. The summed E-state index contributed by atoms with van der Waals surface area (Å²) in [5, 5.41) is 3.24. The van der Waals surface area contributed by atoms with E-state index in [4.69, 9.17) is 39.5 Å². The molecule has 4 amide bonds. The monoisotopic (exact) mass is 634 g/mol. The summed E-state index contributed by atoms with van der Waals surface area (Å²) in [6, 6.07) is 17.3. The molecule has 6 nitrogen and oxygen atoms in total.